The van der Waals surface area contributed by atoms with E-state index in [1.165, 1.54) is 54.5 Å². The summed E-state index contributed by atoms with van der Waals surface area (Å²) in [6, 6.07) is 52.4. The summed E-state index contributed by atoms with van der Waals surface area (Å²) in [6.45, 7) is 0. The summed E-state index contributed by atoms with van der Waals surface area (Å²) in [4.78, 5) is 10.8. The van der Waals surface area contributed by atoms with Crippen molar-refractivity contribution in [1.29, 1.82) is 0 Å². The molecule has 4 nitrogen and oxygen atoms in total. The van der Waals surface area contributed by atoms with Crippen LogP contribution < -0.4 is 0 Å². The van der Waals surface area contributed by atoms with E-state index >= 15 is 0 Å². The van der Waals surface area contributed by atoms with Crippen LogP contribution in [0.1, 0.15) is 0 Å². The molecular formula is C42H24N4. The van der Waals surface area contributed by atoms with Gasteiger partial charge in [0.15, 0.2) is 5.65 Å². The highest BCUT2D eigenvalue weighted by atomic mass is 15.0. The summed E-state index contributed by atoms with van der Waals surface area (Å²) in [5, 5.41) is 8.41. The van der Waals surface area contributed by atoms with Gasteiger partial charge in [-0.25, -0.2) is 9.97 Å². The molecule has 0 unspecified atom stereocenters. The third-order valence-corrected chi connectivity index (χ3v) is 9.81. The first-order chi connectivity index (χ1) is 22.8. The number of hydrogen-bond donors (Lipinski definition) is 0. The molecule has 4 heterocycles. The molecule has 0 fully saturated rings. The molecule has 0 spiro atoms. The lowest BCUT2D eigenvalue weighted by molar-refractivity contribution is 1.24. The molecule has 11 rings (SSSR count). The Hall–Kier alpha value is -6.26. The van der Waals surface area contributed by atoms with Crippen LogP contribution in [-0.2, 0) is 0 Å². The Kier molecular flexibility index (Phi) is 4.55. The van der Waals surface area contributed by atoms with Crippen molar-refractivity contribution in [3.05, 3.63) is 146 Å². The zero-order valence-electron chi connectivity index (χ0n) is 24.6. The van der Waals surface area contributed by atoms with Crippen LogP contribution in [0.2, 0.25) is 0 Å². The maximum Gasteiger partial charge on any atom is 0.165 e. The number of hydrogen-bond acceptors (Lipinski definition) is 2. The molecule has 0 saturated heterocycles. The maximum atomic E-state index is 5.38. The van der Waals surface area contributed by atoms with Crippen LogP contribution in [0.5, 0.6) is 0 Å². The first-order valence-electron chi connectivity index (χ1n) is 15.7. The van der Waals surface area contributed by atoms with Gasteiger partial charge in [-0.3, -0.25) is 4.40 Å². The second-order valence-corrected chi connectivity index (χ2v) is 12.2. The maximum absolute atomic E-state index is 5.38. The number of nitrogens with zero attached hydrogens (tertiary/aromatic N) is 4. The van der Waals surface area contributed by atoms with Crippen LogP contribution in [0.3, 0.4) is 0 Å². The Morgan fingerprint density at radius 2 is 0.935 bits per heavy atom. The van der Waals surface area contributed by atoms with Crippen molar-refractivity contribution in [1.82, 2.24) is 18.8 Å². The minimum atomic E-state index is 0.855. The van der Waals surface area contributed by atoms with E-state index < -0.39 is 0 Å². The van der Waals surface area contributed by atoms with Gasteiger partial charge in [-0.2, -0.15) is 0 Å². The van der Waals surface area contributed by atoms with E-state index in [2.05, 4.69) is 142 Å². The number of benzene rings is 7. The van der Waals surface area contributed by atoms with E-state index in [9.17, 15) is 0 Å². The molecule has 7 aromatic carbocycles. The predicted molar refractivity (Wildman–Crippen MR) is 192 cm³/mol. The standard InChI is InChI=1S/C42H24N4/c1-2-10-26-23-27(18-17-25(26)9-1)28-19-20-33-38(24-28)45-36-15-7-3-11-29(36)31-21-22-32-30-12-4-8-16-37(30)46(41(32)40(31)45)42-39(33)43-34-13-5-6-14-35(34)44-42/h1-24H. The lowest BCUT2D eigenvalue weighted by Crippen LogP contribution is -1.98. The van der Waals surface area contributed by atoms with E-state index in [1.54, 1.807) is 0 Å². The van der Waals surface area contributed by atoms with Gasteiger partial charge in [-0.05, 0) is 64.4 Å². The third-order valence-electron chi connectivity index (χ3n) is 9.81. The second-order valence-electron chi connectivity index (χ2n) is 12.2. The van der Waals surface area contributed by atoms with Gasteiger partial charge >= 0.3 is 0 Å². The van der Waals surface area contributed by atoms with Crippen molar-refractivity contribution in [2.24, 2.45) is 0 Å². The van der Waals surface area contributed by atoms with Crippen LogP contribution in [0, 0.1) is 0 Å². The molecule has 0 amide bonds. The van der Waals surface area contributed by atoms with E-state index in [0.29, 0.717) is 0 Å². The minimum Gasteiger partial charge on any atom is -0.306 e. The number of fused-ring (bicyclic) bond motifs is 13. The molecule has 46 heavy (non-hydrogen) atoms. The Bertz CT molecular complexity index is 3090. The molecule has 0 aliphatic carbocycles. The van der Waals surface area contributed by atoms with Gasteiger partial charge in [0.25, 0.3) is 0 Å². The van der Waals surface area contributed by atoms with Crippen LogP contribution in [0.4, 0.5) is 0 Å². The molecule has 0 N–H and O–H groups in total. The molecule has 0 atom stereocenters. The van der Waals surface area contributed by atoms with Crippen molar-refractivity contribution in [2.45, 2.75) is 0 Å². The SMILES string of the molecule is c1ccc2cc(-c3ccc4c5nc6ccccc6nc5n5c6ccccc6c6ccc7c8ccccc8n(c4c3)c7c65)ccc2c1. The Labute approximate surface area is 262 Å². The van der Waals surface area contributed by atoms with E-state index in [1.807, 2.05) is 12.1 Å². The number of aromatic nitrogens is 4. The zero-order valence-corrected chi connectivity index (χ0v) is 24.6. The summed E-state index contributed by atoms with van der Waals surface area (Å²) >= 11 is 0. The molecule has 0 aliphatic rings. The summed E-state index contributed by atoms with van der Waals surface area (Å²) in [5.41, 5.74) is 11.6. The van der Waals surface area contributed by atoms with Crippen molar-refractivity contribution in [2.75, 3.05) is 0 Å². The molecule has 4 heteroatoms. The van der Waals surface area contributed by atoms with Gasteiger partial charge in [0, 0.05) is 26.9 Å². The van der Waals surface area contributed by atoms with Gasteiger partial charge in [0.2, 0.25) is 0 Å². The average Bonchev–Trinajstić information content (AvgIpc) is 3.63. The second kappa shape index (κ2) is 8.68. The molecule has 0 radical (unpaired) electrons. The first kappa shape index (κ1) is 24.1. The molecule has 0 saturated carbocycles. The monoisotopic (exact) mass is 584 g/mol. The van der Waals surface area contributed by atoms with E-state index in [-0.39, 0.29) is 0 Å². The third kappa shape index (κ3) is 3.07. The van der Waals surface area contributed by atoms with Gasteiger partial charge in [0.1, 0.15) is 5.52 Å². The van der Waals surface area contributed by atoms with E-state index in [0.717, 1.165) is 44.1 Å². The van der Waals surface area contributed by atoms with Crippen molar-refractivity contribution in [3.63, 3.8) is 0 Å². The smallest absolute Gasteiger partial charge is 0.165 e. The number of rotatable bonds is 1. The molecule has 11 aromatic rings. The van der Waals surface area contributed by atoms with Gasteiger partial charge in [-0.15, -0.1) is 0 Å². The number of para-hydroxylation sites is 4. The quantitative estimate of drug-likeness (QED) is 0.192. The molecule has 4 aromatic heterocycles. The van der Waals surface area contributed by atoms with Crippen LogP contribution >= 0.6 is 0 Å². The highest BCUT2D eigenvalue weighted by molar-refractivity contribution is 6.25. The highest BCUT2D eigenvalue weighted by Gasteiger charge is 2.21. The topological polar surface area (TPSA) is 34.6 Å². The Morgan fingerprint density at radius 3 is 1.72 bits per heavy atom. The summed E-state index contributed by atoms with van der Waals surface area (Å²) < 4.78 is 4.83. The normalized spacial score (nSPS) is 12.3. The van der Waals surface area contributed by atoms with E-state index in [4.69, 9.17) is 9.97 Å². The molecule has 0 aliphatic heterocycles. The average molecular weight is 585 g/mol. The summed E-state index contributed by atoms with van der Waals surface area (Å²) in [6.07, 6.45) is 0. The van der Waals surface area contributed by atoms with Gasteiger partial charge < -0.3 is 4.40 Å². The van der Waals surface area contributed by atoms with Crippen molar-refractivity contribution >= 4 is 87.5 Å². The summed E-state index contributed by atoms with van der Waals surface area (Å²) in [5.74, 6) is 0. The fourth-order valence-corrected chi connectivity index (χ4v) is 7.76. The van der Waals surface area contributed by atoms with Crippen LogP contribution in [0.25, 0.3) is 98.6 Å². The molecule has 212 valence electrons. The fraction of sp³-hybridized carbons (Fsp3) is 0. The van der Waals surface area contributed by atoms with Crippen LogP contribution in [0.15, 0.2) is 146 Å². The Balaban J connectivity index is 1.46. The van der Waals surface area contributed by atoms with Gasteiger partial charge in [-0.1, -0.05) is 103 Å². The zero-order chi connectivity index (χ0) is 29.9. The largest absolute Gasteiger partial charge is 0.306 e. The lowest BCUT2D eigenvalue weighted by atomic mass is 10.00. The predicted octanol–water partition coefficient (Wildman–Crippen LogP) is 10.7. The fourth-order valence-electron chi connectivity index (χ4n) is 7.76. The van der Waals surface area contributed by atoms with Crippen molar-refractivity contribution < 1.29 is 0 Å². The Morgan fingerprint density at radius 1 is 0.370 bits per heavy atom. The van der Waals surface area contributed by atoms with Crippen molar-refractivity contribution in [3.8, 4) is 11.1 Å². The summed E-state index contributed by atoms with van der Waals surface area (Å²) in [7, 11) is 0. The molecule has 0 bridgehead atoms. The van der Waals surface area contributed by atoms with Crippen LogP contribution in [-0.4, -0.2) is 18.8 Å². The van der Waals surface area contributed by atoms with Gasteiger partial charge in [0.05, 0.1) is 38.6 Å². The highest BCUT2D eigenvalue weighted by Crippen LogP contribution is 2.42. The molecular weight excluding hydrogens is 560 g/mol. The first-order valence-corrected chi connectivity index (χ1v) is 15.7. The lowest BCUT2D eigenvalue weighted by Gasteiger charge is -2.12. The minimum absolute atomic E-state index is 0.855.